The van der Waals surface area contributed by atoms with Crippen LogP contribution < -0.4 is 10.6 Å². The lowest BCUT2D eigenvalue weighted by atomic mass is 9.95. The fourth-order valence-corrected chi connectivity index (χ4v) is 2.56. The first-order valence-electron chi connectivity index (χ1n) is 7.27. The average Bonchev–Trinajstić information content (AvgIpc) is 2.94. The van der Waals surface area contributed by atoms with E-state index in [1.54, 1.807) is 6.07 Å². The van der Waals surface area contributed by atoms with Gasteiger partial charge in [-0.1, -0.05) is 19.1 Å². The smallest absolute Gasteiger partial charge is 0.245 e. The van der Waals surface area contributed by atoms with Gasteiger partial charge >= 0.3 is 0 Å². The molecule has 6 heteroatoms. The molecule has 21 heavy (non-hydrogen) atoms. The summed E-state index contributed by atoms with van der Waals surface area (Å²) in [6.07, 6.45) is 1.05. The maximum Gasteiger partial charge on any atom is 0.245 e. The third kappa shape index (κ3) is 2.71. The number of benzene rings is 1. The van der Waals surface area contributed by atoms with Gasteiger partial charge in [0.05, 0.1) is 0 Å². The summed E-state index contributed by atoms with van der Waals surface area (Å²) in [6.45, 7) is 5.74. The highest BCUT2D eigenvalue weighted by Gasteiger charge is 2.25. The topological polar surface area (TPSA) is 91.1 Å². The molecule has 1 aromatic carbocycles. The Labute approximate surface area is 124 Å². The second-order valence-corrected chi connectivity index (χ2v) is 5.86. The number of hydrogen-bond acceptors (Lipinski definition) is 5. The molecule has 0 saturated carbocycles. The lowest BCUT2D eigenvalue weighted by molar-refractivity contribution is 0.376. The molecule has 1 saturated heterocycles. The van der Waals surface area contributed by atoms with Crippen LogP contribution in [0.15, 0.2) is 18.2 Å². The summed E-state index contributed by atoms with van der Waals surface area (Å²) in [5.74, 6) is 2.13. The van der Waals surface area contributed by atoms with Gasteiger partial charge in [-0.25, -0.2) is 0 Å². The Morgan fingerprint density at radius 2 is 2.24 bits per heavy atom. The van der Waals surface area contributed by atoms with Gasteiger partial charge in [-0.05, 0) is 30.9 Å². The predicted octanol–water partition coefficient (Wildman–Crippen LogP) is 1.66. The first-order chi connectivity index (χ1) is 10.0. The van der Waals surface area contributed by atoms with Crippen molar-refractivity contribution in [1.29, 1.82) is 0 Å². The van der Waals surface area contributed by atoms with Crippen molar-refractivity contribution in [3.05, 3.63) is 23.8 Å². The Morgan fingerprint density at radius 1 is 1.43 bits per heavy atom. The molecule has 0 spiro atoms. The van der Waals surface area contributed by atoms with Gasteiger partial charge in [0, 0.05) is 24.7 Å². The molecular weight excluding hydrogens is 266 g/mol. The normalized spacial score (nSPS) is 22.5. The molecule has 1 fully saturated rings. The molecule has 4 N–H and O–H groups in total. The monoisotopic (exact) mass is 287 g/mol. The highest BCUT2D eigenvalue weighted by atomic mass is 16.3. The summed E-state index contributed by atoms with van der Waals surface area (Å²) in [7, 11) is 0. The van der Waals surface area contributed by atoms with Crippen molar-refractivity contribution < 1.29 is 5.11 Å². The van der Waals surface area contributed by atoms with Gasteiger partial charge in [-0.2, -0.15) is 4.98 Å². The Bertz CT molecular complexity index is 639. The number of nitrogens with one attached hydrogen (secondary N) is 1. The Kier molecular flexibility index (Phi) is 3.55. The van der Waals surface area contributed by atoms with E-state index in [9.17, 15) is 5.11 Å². The van der Waals surface area contributed by atoms with E-state index in [2.05, 4.69) is 27.0 Å². The molecule has 1 aromatic heterocycles. The molecular formula is C15H21N5O. The van der Waals surface area contributed by atoms with E-state index < -0.39 is 0 Å². The van der Waals surface area contributed by atoms with Crippen molar-refractivity contribution in [1.82, 2.24) is 15.2 Å². The Morgan fingerprint density at radius 3 is 2.95 bits per heavy atom. The van der Waals surface area contributed by atoms with E-state index in [0.717, 1.165) is 30.6 Å². The van der Waals surface area contributed by atoms with Crippen LogP contribution in [-0.4, -0.2) is 39.4 Å². The molecule has 2 unspecified atom stereocenters. The summed E-state index contributed by atoms with van der Waals surface area (Å²) >= 11 is 0. The van der Waals surface area contributed by atoms with Gasteiger partial charge in [0.25, 0.3) is 0 Å². The molecule has 0 bridgehead atoms. The van der Waals surface area contributed by atoms with Crippen molar-refractivity contribution in [3.63, 3.8) is 0 Å². The number of piperidine rings is 1. The quantitative estimate of drug-likeness (QED) is 0.781. The van der Waals surface area contributed by atoms with E-state index in [4.69, 9.17) is 5.73 Å². The lowest BCUT2D eigenvalue weighted by Crippen LogP contribution is -2.48. The lowest BCUT2D eigenvalue weighted by Gasteiger charge is -2.34. The van der Waals surface area contributed by atoms with Crippen LogP contribution in [0, 0.1) is 12.8 Å². The number of anilines is 1. The second-order valence-electron chi connectivity index (χ2n) is 5.86. The number of aromatic nitrogens is 3. The van der Waals surface area contributed by atoms with E-state index >= 15 is 0 Å². The summed E-state index contributed by atoms with van der Waals surface area (Å²) in [4.78, 5) is 6.64. The zero-order valence-corrected chi connectivity index (χ0v) is 12.4. The number of phenolic OH excluding ortho intramolecular Hbond substituents is 1. The third-order valence-corrected chi connectivity index (χ3v) is 4.26. The van der Waals surface area contributed by atoms with Crippen molar-refractivity contribution >= 4 is 5.95 Å². The summed E-state index contributed by atoms with van der Waals surface area (Å²) in [6, 6.07) is 5.64. The second kappa shape index (κ2) is 5.37. The van der Waals surface area contributed by atoms with E-state index in [1.165, 1.54) is 0 Å². The van der Waals surface area contributed by atoms with Crippen molar-refractivity contribution in [2.24, 2.45) is 11.7 Å². The van der Waals surface area contributed by atoms with Gasteiger partial charge < -0.3 is 15.7 Å². The maximum atomic E-state index is 9.79. The van der Waals surface area contributed by atoms with Gasteiger partial charge in [-0.15, -0.1) is 5.10 Å². The zero-order valence-electron chi connectivity index (χ0n) is 12.4. The molecule has 2 aromatic rings. The van der Waals surface area contributed by atoms with Crippen molar-refractivity contribution in [2.75, 3.05) is 18.0 Å². The Balaban J connectivity index is 1.81. The number of hydrogen-bond donors (Lipinski definition) is 3. The molecule has 0 aliphatic carbocycles. The van der Waals surface area contributed by atoms with Gasteiger partial charge in [0.1, 0.15) is 5.75 Å². The minimum absolute atomic E-state index is 0.157. The molecule has 1 aliphatic heterocycles. The van der Waals surface area contributed by atoms with Crippen LogP contribution in [0.1, 0.15) is 18.9 Å². The van der Waals surface area contributed by atoms with Crippen LogP contribution in [0.2, 0.25) is 0 Å². The molecule has 6 nitrogen and oxygen atoms in total. The molecule has 2 heterocycles. The van der Waals surface area contributed by atoms with Gasteiger partial charge in [-0.3, -0.25) is 5.10 Å². The standard InChI is InChI=1S/C15H21N5O/c1-9-5-6-20(8-12(9)16)15-17-14(18-19-15)11-4-3-10(2)13(21)7-11/h3-4,7,9,12,21H,5-6,8,16H2,1-2H3,(H,17,18,19). The third-order valence-electron chi connectivity index (χ3n) is 4.26. The molecule has 3 rings (SSSR count). The minimum Gasteiger partial charge on any atom is -0.508 e. The molecule has 2 atom stereocenters. The number of aromatic amines is 1. The highest BCUT2D eigenvalue weighted by molar-refractivity contribution is 5.60. The number of nitrogens with zero attached hydrogens (tertiary/aromatic N) is 3. The average molecular weight is 287 g/mol. The largest absolute Gasteiger partial charge is 0.508 e. The van der Waals surface area contributed by atoms with Crippen molar-refractivity contribution in [2.45, 2.75) is 26.3 Å². The van der Waals surface area contributed by atoms with Crippen LogP contribution in [0.5, 0.6) is 5.75 Å². The Hall–Kier alpha value is -2.08. The van der Waals surface area contributed by atoms with E-state index in [0.29, 0.717) is 17.7 Å². The number of phenols is 1. The van der Waals surface area contributed by atoms with E-state index in [-0.39, 0.29) is 11.8 Å². The predicted molar refractivity (Wildman–Crippen MR) is 82.2 cm³/mol. The van der Waals surface area contributed by atoms with Crippen LogP contribution in [-0.2, 0) is 0 Å². The zero-order chi connectivity index (χ0) is 15.0. The summed E-state index contributed by atoms with van der Waals surface area (Å²) < 4.78 is 0. The van der Waals surface area contributed by atoms with Crippen LogP contribution >= 0.6 is 0 Å². The number of aromatic hydroxyl groups is 1. The number of nitrogens with two attached hydrogens (primary N) is 1. The molecule has 112 valence electrons. The first-order valence-corrected chi connectivity index (χ1v) is 7.27. The minimum atomic E-state index is 0.157. The van der Waals surface area contributed by atoms with Crippen LogP contribution in [0.25, 0.3) is 11.4 Å². The van der Waals surface area contributed by atoms with Gasteiger partial charge in [0.2, 0.25) is 5.95 Å². The highest BCUT2D eigenvalue weighted by Crippen LogP contribution is 2.26. The summed E-state index contributed by atoms with van der Waals surface area (Å²) in [5.41, 5.74) is 7.79. The number of H-pyrrole nitrogens is 1. The van der Waals surface area contributed by atoms with Crippen molar-refractivity contribution in [3.8, 4) is 17.1 Å². The van der Waals surface area contributed by atoms with Crippen LogP contribution in [0.3, 0.4) is 0 Å². The molecule has 0 radical (unpaired) electrons. The van der Waals surface area contributed by atoms with Gasteiger partial charge in [0.15, 0.2) is 5.82 Å². The number of rotatable bonds is 2. The first kappa shape index (κ1) is 13.9. The number of aryl methyl sites for hydroxylation is 1. The SMILES string of the molecule is Cc1ccc(-c2nc(N3CCC(C)C(N)C3)n[nH]2)cc1O. The fraction of sp³-hybridized carbons (Fsp3) is 0.467. The van der Waals surface area contributed by atoms with Crippen LogP contribution in [0.4, 0.5) is 5.95 Å². The maximum absolute atomic E-state index is 9.79. The van der Waals surface area contributed by atoms with E-state index in [1.807, 2.05) is 19.1 Å². The molecule has 1 aliphatic rings. The fourth-order valence-electron chi connectivity index (χ4n) is 2.56. The molecule has 0 amide bonds. The summed E-state index contributed by atoms with van der Waals surface area (Å²) in [5, 5.41) is 17.0.